The van der Waals surface area contributed by atoms with Crippen molar-refractivity contribution in [1.29, 1.82) is 0 Å². The number of hydrogen-bond acceptors (Lipinski definition) is 2. The van der Waals surface area contributed by atoms with Crippen LogP contribution in [0.1, 0.15) is 12.8 Å². The molecule has 0 aliphatic carbocycles. The van der Waals surface area contributed by atoms with Crippen LogP contribution in [0.25, 0.3) is 0 Å². The first-order chi connectivity index (χ1) is 8.16. The molecule has 92 valence electrons. The zero-order valence-electron chi connectivity index (χ0n) is 9.38. The number of carbonyl (C=O) groups is 1. The molecule has 0 atom stereocenters. The van der Waals surface area contributed by atoms with Gasteiger partial charge in [-0.2, -0.15) is 0 Å². The third-order valence-corrected chi connectivity index (χ3v) is 3.71. The lowest BCUT2D eigenvalue weighted by Crippen LogP contribution is -2.33. The molecule has 1 N–H and O–H groups in total. The summed E-state index contributed by atoms with van der Waals surface area (Å²) in [6.07, 6.45) is 2.24. The molecular formula is C12H14BrClN2O. The summed E-state index contributed by atoms with van der Waals surface area (Å²) < 4.78 is 0.874. The van der Waals surface area contributed by atoms with Gasteiger partial charge in [-0.25, -0.2) is 0 Å². The second-order valence-corrected chi connectivity index (χ2v) is 5.36. The van der Waals surface area contributed by atoms with Crippen molar-refractivity contribution in [2.24, 2.45) is 0 Å². The summed E-state index contributed by atoms with van der Waals surface area (Å²) in [6, 6.07) is 5.48. The van der Waals surface area contributed by atoms with Crippen LogP contribution in [0.15, 0.2) is 22.7 Å². The third-order valence-electron chi connectivity index (χ3n) is 2.82. The fraction of sp³-hybridized carbons (Fsp3) is 0.417. The summed E-state index contributed by atoms with van der Waals surface area (Å²) >= 11 is 9.26. The molecule has 0 aromatic heterocycles. The van der Waals surface area contributed by atoms with Gasteiger partial charge in [-0.1, -0.05) is 11.6 Å². The van der Waals surface area contributed by atoms with Crippen molar-refractivity contribution in [3.05, 3.63) is 27.7 Å². The van der Waals surface area contributed by atoms with Crippen LogP contribution in [-0.4, -0.2) is 30.4 Å². The molecule has 1 fully saturated rings. The zero-order valence-corrected chi connectivity index (χ0v) is 11.7. The quantitative estimate of drug-likeness (QED) is 0.929. The highest BCUT2D eigenvalue weighted by molar-refractivity contribution is 9.10. The predicted octanol–water partition coefficient (Wildman–Crippen LogP) is 3.14. The molecule has 1 amide bonds. The zero-order chi connectivity index (χ0) is 12.3. The molecule has 0 radical (unpaired) electrons. The van der Waals surface area contributed by atoms with Gasteiger partial charge in [0, 0.05) is 28.3 Å². The summed E-state index contributed by atoms with van der Waals surface area (Å²) in [7, 11) is 0. The molecule has 1 aliphatic rings. The smallest absolute Gasteiger partial charge is 0.241 e. The van der Waals surface area contributed by atoms with Gasteiger partial charge in [-0.05, 0) is 47.0 Å². The van der Waals surface area contributed by atoms with Crippen molar-refractivity contribution in [2.75, 3.05) is 25.0 Å². The van der Waals surface area contributed by atoms with Crippen LogP contribution >= 0.6 is 27.5 Å². The molecule has 0 unspecified atom stereocenters. The van der Waals surface area contributed by atoms with Crippen LogP contribution in [0, 0.1) is 0 Å². The Hall–Kier alpha value is -0.740. The summed E-state index contributed by atoms with van der Waals surface area (Å²) in [5.74, 6) is 0.157. The lowest BCUT2D eigenvalue weighted by atomic mass is 10.3. The van der Waals surface area contributed by atoms with E-state index in [4.69, 9.17) is 11.6 Å². The molecule has 17 heavy (non-hydrogen) atoms. The summed E-state index contributed by atoms with van der Waals surface area (Å²) in [4.78, 5) is 13.7. The van der Waals surface area contributed by atoms with E-state index in [0.29, 0.717) is 11.6 Å². The van der Waals surface area contributed by atoms with Gasteiger partial charge in [0.2, 0.25) is 5.91 Å². The van der Waals surface area contributed by atoms with Crippen LogP contribution in [0.2, 0.25) is 5.02 Å². The highest BCUT2D eigenvalue weighted by Gasteiger charge is 2.17. The number of likely N-dealkylation sites (tertiary alicyclic amines) is 1. The molecule has 0 saturated carbocycles. The maximum atomic E-state index is 11.8. The highest BCUT2D eigenvalue weighted by atomic mass is 79.9. The Kier molecular flexibility index (Phi) is 4.29. The molecular weight excluding hydrogens is 304 g/mol. The first-order valence-corrected chi connectivity index (χ1v) is 6.80. The van der Waals surface area contributed by atoms with Crippen LogP contribution in [0.4, 0.5) is 5.69 Å². The first-order valence-electron chi connectivity index (χ1n) is 5.63. The molecule has 0 bridgehead atoms. The highest BCUT2D eigenvalue weighted by Crippen LogP contribution is 2.25. The van der Waals surface area contributed by atoms with Gasteiger partial charge in [0.15, 0.2) is 0 Å². The van der Waals surface area contributed by atoms with E-state index in [1.807, 2.05) is 17.0 Å². The standard InChI is InChI=1S/C12H14BrClN2O/c13-10-7-9(14)3-4-11(10)15-8-12(17)16-5-1-2-6-16/h3-4,7,15H,1-2,5-6,8H2. The Morgan fingerprint density at radius 3 is 2.76 bits per heavy atom. The largest absolute Gasteiger partial charge is 0.375 e. The number of benzene rings is 1. The average molecular weight is 318 g/mol. The van der Waals surface area contributed by atoms with E-state index in [1.165, 1.54) is 0 Å². The minimum absolute atomic E-state index is 0.157. The normalized spacial score (nSPS) is 15.1. The average Bonchev–Trinajstić information content (AvgIpc) is 2.81. The maximum Gasteiger partial charge on any atom is 0.241 e. The Labute approximate surface area is 114 Å². The van der Waals surface area contributed by atoms with Gasteiger partial charge in [0.1, 0.15) is 0 Å². The van der Waals surface area contributed by atoms with Crippen molar-refractivity contribution in [1.82, 2.24) is 4.90 Å². The summed E-state index contributed by atoms with van der Waals surface area (Å²) in [5.41, 5.74) is 0.891. The third kappa shape index (κ3) is 3.36. The lowest BCUT2D eigenvalue weighted by Gasteiger charge is -2.16. The van der Waals surface area contributed by atoms with Gasteiger partial charge >= 0.3 is 0 Å². The van der Waals surface area contributed by atoms with Crippen molar-refractivity contribution in [2.45, 2.75) is 12.8 Å². The Morgan fingerprint density at radius 2 is 2.12 bits per heavy atom. The van der Waals surface area contributed by atoms with Crippen molar-refractivity contribution < 1.29 is 4.79 Å². The first kappa shape index (κ1) is 12.7. The number of hydrogen-bond donors (Lipinski definition) is 1. The number of anilines is 1. The SMILES string of the molecule is O=C(CNc1ccc(Cl)cc1Br)N1CCCC1. The minimum Gasteiger partial charge on any atom is -0.375 e. The molecule has 1 saturated heterocycles. The van der Waals surface area contributed by atoms with Crippen molar-refractivity contribution in [3.63, 3.8) is 0 Å². The second kappa shape index (κ2) is 5.74. The topological polar surface area (TPSA) is 32.3 Å². The molecule has 1 aliphatic heterocycles. The van der Waals surface area contributed by atoms with Gasteiger partial charge < -0.3 is 10.2 Å². The maximum absolute atomic E-state index is 11.8. The van der Waals surface area contributed by atoms with E-state index >= 15 is 0 Å². The molecule has 1 aromatic carbocycles. The number of nitrogens with zero attached hydrogens (tertiary/aromatic N) is 1. The van der Waals surface area contributed by atoms with Crippen LogP contribution in [0.3, 0.4) is 0 Å². The number of amides is 1. The van der Waals surface area contributed by atoms with E-state index in [2.05, 4.69) is 21.2 Å². The molecule has 3 nitrogen and oxygen atoms in total. The molecule has 1 aromatic rings. The summed E-state index contributed by atoms with van der Waals surface area (Å²) in [6.45, 7) is 2.12. The predicted molar refractivity (Wildman–Crippen MR) is 73.5 cm³/mol. The van der Waals surface area contributed by atoms with Crippen LogP contribution < -0.4 is 5.32 Å². The number of carbonyl (C=O) groups excluding carboxylic acids is 1. The fourth-order valence-corrected chi connectivity index (χ4v) is 2.70. The molecule has 5 heteroatoms. The van der Waals surface area contributed by atoms with E-state index in [0.717, 1.165) is 36.1 Å². The van der Waals surface area contributed by atoms with Crippen LogP contribution in [0.5, 0.6) is 0 Å². The van der Waals surface area contributed by atoms with Crippen LogP contribution in [-0.2, 0) is 4.79 Å². The Balaban J connectivity index is 1.90. The minimum atomic E-state index is 0.157. The van der Waals surface area contributed by atoms with E-state index < -0.39 is 0 Å². The van der Waals surface area contributed by atoms with Crippen molar-refractivity contribution >= 4 is 39.1 Å². The molecule has 1 heterocycles. The Morgan fingerprint density at radius 1 is 1.41 bits per heavy atom. The van der Waals surface area contributed by atoms with Gasteiger partial charge in [-0.15, -0.1) is 0 Å². The lowest BCUT2D eigenvalue weighted by molar-refractivity contribution is -0.128. The van der Waals surface area contributed by atoms with Gasteiger partial charge in [0.05, 0.1) is 6.54 Å². The van der Waals surface area contributed by atoms with Gasteiger partial charge in [-0.3, -0.25) is 4.79 Å². The van der Waals surface area contributed by atoms with Crippen molar-refractivity contribution in [3.8, 4) is 0 Å². The Bertz CT molecular complexity index is 419. The fourth-order valence-electron chi connectivity index (χ4n) is 1.88. The van der Waals surface area contributed by atoms with E-state index in [1.54, 1.807) is 6.07 Å². The van der Waals surface area contributed by atoms with Gasteiger partial charge in [0.25, 0.3) is 0 Å². The number of halogens is 2. The number of nitrogens with one attached hydrogen (secondary N) is 1. The molecule has 2 rings (SSSR count). The van der Waals surface area contributed by atoms with E-state index in [9.17, 15) is 4.79 Å². The summed E-state index contributed by atoms with van der Waals surface area (Å²) in [5, 5.41) is 3.79. The monoisotopic (exact) mass is 316 g/mol. The molecule has 0 spiro atoms. The van der Waals surface area contributed by atoms with E-state index in [-0.39, 0.29) is 5.91 Å². The second-order valence-electron chi connectivity index (χ2n) is 4.07. The number of rotatable bonds is 3.